The van der Waals surface area contributed by atoms with Crippen molar-refractivity contribution in [1.82, 2.24) is 4.98 Å². The second-order valence-electron chi connectivity index (χ2n) is 5.47. The highest BCUT2D eigenvalue weighted by Crippen LogP contribution is 2.33. The Balaban J connectivity index is 2.35. The number of pyridine rings is 1. The van der Waals surface area contributed by atoms with Gasteiger partial charge in [-0.25, -0.2) is 4.98 Å². The molecule has 1 aliphatic carbocycles. The van der Waals surface area contributed by atoms with Crippen LogP contribution in [-0.2, 0) is 6.42 Å². The van der Waals surface area contributed by atoms with Gasteiger partial charge >= 0.3 is 0 Å². The van der Waals surface area contributed by atoms with Crippen LogP contribution in [0.15, 0.2) is 22.5 Å². The Kier molecular flexibility index (Phi) is 3.61. The van der Waals surface area contributed by atoms with Gasteiger partial charge in [0, 0.05) is 12.0 Å². The third-order valence-corrected chi connectivity index (χ3v) is 3.04. The molecule has 0 amide bonds. The van der Waals surface area contributed by atoms with Gasteiger partial charge in [-0.2, -0.15) is 5.53 Å². The van der Waals surface area contributed by atoms with Crippen molar-refractivity contribution in [2.75, 3.05) is 0 Å². The molecule has 0 bridgehead atoms. The minimum atomic E-state index is -0.0757. The zero-order valence-electron chi connectivity index (χ0n) is 11.4. The molecule has 102 valence electrons. The molecule has 0 unspecified atom stereocenters. The van der Waals surface area contributed by atoms with Crippen LogP contribution in [0.3, 0.4) is 0 Å². The van der Waals surface area contributed by atoms with Gasteiger partial charge in [-0.1, -0.05) is 13.8 Å². The highest BCUT2D eigenvalue weighted by atomic mass is 16.1. The van der Waals surface area contributed by atoms with Crippen LogP contribution in [0.5, 0.6) is 0 Å². The Bertz CT molecular complexity index is 664. The molecule has 1 heterocycles. The second kappa shape index (κ2) is 5.21. The fourth-order valence-corrected chi connectivity index (χ4v) is 2.21. The molecule has 1 aromatic heterocycles. The van der Waals surface area contributed by atoms with E-state index in [2.05, 4.69) is 27.1 Å². The first-order valence-electron chi connectivity index (χ1n) is 6.16. The van der Waals surface area contributed by atoms with Crippen molar-refractivity contribution >= 4 is 11.6 Å². The molecular weight excluding hydrogens is 254 g/mol. The molecule has 0 spiro atoms. The number of hydrogen-bond acceptors (Lipinski definition) is 4. The summed E-state index contributed by atoms with van der Waals surface area (Å²) in [5, 5.41) is 6.09. The van der Waals surface area contributed by atoms with E-state index in [-0.39, 0.29) is 17.0 Å². The van der Waals surface area contributed by atoms with Gasteiger partial charge in [0.1, 0.15) is 5.69 Å². The van der Waals surface area contributed by atoms with E-state index in [0.717, 1.165) is 12.1 Å². The molecule has 0 saturated carbocycles. The minimum Gasteiger partial charge on any atom is -0.375 e. The molecule has 0 saturated heterocycles. The third-order valence-electron chi connectivity index (χ3n) is 3.04. The van der Waals surface area contributed by atoms with Gasteiger partial charge in [0.25, 0.3) is 0 Å². The lowest BCUT2D eigenvalue weighted by Crippen LogP contribution is -2.28. The van der Waals surface area contributed by atoms with Crippen molar-refractivity contribution in [3.05, 3.63) is 29.1 Å². The van der Waals surface area contributed by atoms with Crippen molar-refractivity contribution in [2.45, 2.75) is 26.7 Å². The van der Waals surface area contributed by atoms with Crippen LogP contribution in [0.1, 0.15) is 42.0 Å². The molecule has 1 aliphatic rings. The van der Waals surface area contributed by atoms with Crippen LogP contribution in [0.2, 0.25) is 0 Å². The normalized spacial score (nSPS) is 16.9. The highest BCUT2D eigenvalue weighted by molar-refractivity contribution is 5.99. The number of ketones is 1. The van der Waals surface area contributed by atoms with Gasteiger partial charge in [0.2, 0.25) is 0 Å². The average Bonchev–Trinajstić information content (AvgIpc) is 2.34. The van der Waals surface area contributed by atoms with Crippen molar-refractivity contribution in [3.63, 3.8) is 0 Å². The smallest absolute Gasteiger partial charge is 0.199 e. The summed E-state index contributed by atoms with van der Waals surface area (Å²) in [6, 6.07) is 3.44. The molecule has 1 aromatic rings. The Labute approximate surface area is 117 Å². The maximum Gasteiger partial charge on any atom is 0.199 e. The molecule has 0 aliphatic heterocycles. The topological polar surface area (TPSA) is 105 Å². The number of fused-ring (bicyclic) bond motifs is 1. The molecule has 6 heteroatoms. The van der Waals surface area contributed by atoms with E-state index in [1.807, 2.05) is 13.8 Å². The first-order chi connectivity index (χ1) is 9.41. The van der Waals surface area contributed by atoms with Crippen LogP contribution in [0.4, 0.5) is 0 Å². The van der Waals surface area contributed by atoms with Crippen molar-refractivity contribution < 1.29 is 4.79 Å². The van der Waals surface area contributed by atoms with Crippen molar-refractivity contribution in [1.29, 1.82) is 5.53 Å². The molecule has 0 aromatic carbocycles. The lowest BCUT2D eigenvalue weighted by Gasteiger charge is -2.29. The summed E-state index contributed by atoms with van der Waals surface area (Å²) < 4.78 is 0. The van der Waals surface area contributed by atoms with E-state index in [1.165, 1.54) is 0 Å². The van der Waals surface area contributed by atoms with E-state index in [1.54, 1.807) is 12.1 Å². The molecular formula is C14H15N5O. The zero-order chi connectivity index (χ0) is 14.8. The van der Waals surface area contributed by atoms with Gasteiger partial charge < -0.3 is 5.73 Å². The number of amidine groups is 1. The van der Waals surface area contributed by atoms with Gasteiger partial charge in [0.05, 0.1) is 5.69 Å². The Morgan fingerprint density at radius 2 is 2.20 bits per heavy atom. The molecule has 2 rings (SSSR count). The highest BCUT2D eigenvalue weighted by Gasteiger charge is 2.31. The molecule has 3 N–H and O–H groups in total. The van der Waals surface area contributed by atoms with E-state index < -0.39 is 0 Å². The molecule has 6 nitrogen and oxygen atoms in total. The summed E-state index contributed by atoms with van der Waals surface area (Å²) in [5.74, 6) is 5.38. The number of nitrogens with two attached hydrogens (primary N) is 1. The number of carbonyl (C=O) groups is 1. The van der Waals surface area contributed by atoms with Crippen LogP contribution in [-0.4, -0.2) is 16.6 Å². The van der Waals surface area contributed by atoms with Gasteiger partial charge in [-0.15, -0.1) is 5.10 Å². The quantitative estimate of drug-likeness (QED) is 0.267. The Hall–Kier alpha value is -2.55. The fourth-order valence-electron chi connectivity index (χ4n) is 2.21. The van der Waals surface area contributed by atoms with Gasteiger partial charge in [-0.3, -0.25) is 4.79 Å². The van der Waals surface area contributed by atoms with E-state index >= 15 is 0 Å². The summed E-state index contributed by atoms with van der Waals surface area (Å²) in [5.41, 5.74) is 13.9. The summed E-state index contributed by atoms with van der Waals surface area (Å²) >= 11 is 0. The number of carbonyl (C=O) groups excluding carboxylic acids is 1. The maximum atomic E-state index is 12.0. The second-order valence-corrected chi connectivity index (χ2v) is 5.47. The van der Waals surface area contributed by atoms with Crippen LogP contribution in [0.25, 0.3) is 0 Å². The number of hydrogen-bond donors (Lipinski definition) is 2. The van der Waals surface area contributed by atoms with Gasteiger partial charge in [-0.05, 0) is 41.0 Å². The Morgan fingerprint density at radius 1 is 1.45 bits per heavy atom. The number of nitrogens with one attached hydrogen (secondary N) is 1. The average molecular weight is 269 g/mol. The lowest BCUT2D eigenvalue weighted by atomic mass is 9.75. The first kappa shape index (κ1) is 13.9. The third kappa shape index (κ3) is 3.06. The van der Waals surface area contributed by atoms with Crippen LogP contribution in [0, 0.1) is 22.8 Å². The predicted octanol–water partition coefficient (Wildman–Crippen LogP) is 1.89. The summed E-state index contributed by atoms with van der Waals surface area (Å²) in [6.07, 6.45) is 1.28. The monoisotopic (exact) mass is 269 g/mol. The summed E-state index contributed by atoms with van der Waals surface area (Å²) in [7, 11) is 0. The molecule has 20 heavy (non-hydrogen) atoms. The molecule has 0 atom stereocenters. The largest absolute Gasteiger partial charge is 0.375 e. The van der Waals surface area contributed by atoms with Crippen LogP contribution < -0.4 is 5.73 Å². The minimum absolute atomic E-state index is 0.0454. The van der Waals surface area contributed by atoms with Gasteiger partial charge in [0.15, 0.2) is 11.6 Å². The number of Topliss-reactive ketones (excluding diaryl/α,β-unsaturated/α-hetero) is 1. The van der Waals surface area contributed by atoms with E-state index in [9.17, 15) is 4.79 Å². The fraction of sp³-hybridized carbons (Fsp3) is 0.357. The Morgan fingerprint density at radius 3 is 2.90 bits per heavy atom. The number of rotatable bonds is 1. The SMILES string of the molecule is CC1(C)CC(=O)c2ccc(C#CC(N)=NN=N)nc2C1. The molecule has 0 fully saturated rings. The van der Waals surface area contributed by atoms with E-state index in [0.29, 0.717) is 17.7 Å². The van der Waals surface area contributed by atoms with E-state index in [4.69, 9.17) is 11.3 Å². The molecule has 0 radical (unpaired) electrons. The maximum absolute atomic E-state index is 12.0. The van der Waals surface area contributed by atoms with Crippen molar-refractivity contribution in [3.8, 4) is 11.8 Å². The standard InChI is InChI=1S/C14H15N5O/c1-14(2)7-11-10(12(20)8-14)5-3-9(17-11)4-6-13(15)18-19-16/h3,5H,7-8H2,1-2H3,(H3,15,16,18). The lowest BCUT2D eigenvalue weighted by molar-refractivity contribution is 0.0910. The van der Waals surface area contributed by atoms with Crippen molar-refractivity contribution in [2.24, 2.45) is 21.5 Å². The first-order valence-corrected chi connectivity index (χ1v) is 6.16. The zero-order valence-corrected chi connectivity index (χ0v) is 11.4. The number of aromatic nitrogens is 1. The predicted molar refractivity (Wildman–Crippen MR) is 74.3 cm³/mol. The van der Waals surface area contributed by atoms with Crippen LogP contribution >= 0.6 is 0 Å². The summed E-state index contributed by atoms with van der Waals surface area (Å²) in [6.45, 7) is 4.10. The summed E-state index contributed by atoms with van der Waals surface area (Å²) in [4.78, 5) is 16.4. The number of nitrogens with zero attached hydrogens (tertiary/aromatic N) is 3.